The van der Waals surface area contributed by atoms with Crippen LogP contribution in [0.5, 0.6) is 0 Å². The number of carbonyl (C=O) groups is 3. The third-order valence-electron chi connectivity index (χ3n) is 6.56. The second-order valence-corrected chi connectivity index (χ2v) is 9.26. The molecule has 0 radical (unpaired) electrons. The summed E-state index contributed by atoms with van der Waals surface area (Å²) < 4.78 is 0.870. The van der Waals surface area contributed by atoms with E-state index in [1.807, 2.05) is 55.6 Å². The Balaban J connectivity index is 1.68. The maximum Gasteiger partial charge on any atom is 0.291 e. The molecule has 29 heavy (non-hydrogen) atoms. The summed E-state index contributed by atoms with van der Waals surface area (Å²) in [7, 11) is 0. The minimum atomic E-state index is -1.10. The molecule has 148 valence electrons. The fourth-order valence-electron chi connectivity index (χ4n) is 5.30. The number of nitrogens with zero attached hydrogens (tertiary/aromatic N) is 1. The first-order chi connectivity index (χ1) is 13.9. The van der Waals surface area contributed by atoms with Crippen LogP contribution in [0.25, 0.3) is 0 Å². The van der Waals surface area contributed by atoms with Crippen LogP contribution in [0.3, 0.4) is 0 Å². The Hall–Kier alpha value is -2.51. The Morgan fingerprint density at radius 1 is 1.03 bits per heavy atom. The highest BCUT2D eigenvalue weighted by atomic mass is 79.9. The number of carbonyl (C=O) groups excluding carboxylic acids is 3. The first-order valence-corrected chi connectivity index (χ1v) is 10.6. The predicted molar refractivity (Wildman–Crippen MR) is 111 cm³/mol. The minimum absolute atomic E-state index is 0.129. The zero-order valence-electron chi connectivity index (χ0n) is 16.1. The van der Waals surface area contributed by atoms with Crippen LogP contribution in [0, 0.1) is 17.8 Å². The normalized spacial score (nSPS) is 30.3. The summed E-state index contributed by atoms with van der Waals surface area (Å²) in [5, 5.41) is 4.92. The number of quaternary nitrogens is 1. The molecule has 3 aliphatic rings. The van der Waals surface area contributed by atoms with E-state index < -0.39 is 17.4 Å². The number of benzene rings is 2. The number of hydrogen-bond donors (Lipinski definition) is 2. The van der Waals surface area contributed by atoms with Crippen molar-refractivity contribution in [1.29, 1.82) is 0 Å². The van der Waals surface area contributed by atoms with Gasteiger partial charge < -0.3 is 10.6 Å². The lowest BCUT2D eigenvalue weighted by Crippen LogP contribution is -2.99. The maximum absolute atomic E-state index is 13.7. The Morgan fingerprint density at radius 2 is 1.72 bits per heavy atom. The summed E-state index contributed by atoms with van der Waals surface area (Å²) in [6.45, 7) is 4.08. The molecule has 3 heterocycles. The van der Waals surface area contributed by atoms with Crippen molar-refractivity contribution in [3.05, 3.63) is 58.6 Å². The minimum Gasteiger partial charge on any atom is -0.326 e. The third-order valence-corrected chi connectivity index (χ3v) is 7.09. The average molecular weight is 455 g/mol. The number of hydrogen-bond acceptors (Lipinski definition) is 3. The van der Waals surface area contributed by atoms with E-state index in [-0.39, 0.29) is 29.7 Å². The highest BCUT2D eigenvalue weighted by Gasteiger charge is 2.74. The summed E-state index contributed by atoms with van der Waals surface area (Å²) in [4.78, 5) is 41.7. The molecule has 0 saturated carbocycles. The Bertz CT molecular complexity index is 1050. The molecule has 0 aromatic heterocycles. The van der Waals surface area contributed by atoms with Crippen molar-refractivity contribution < 1.29 is 19.7 Å². The van der Waals surface area contributed by atoms with Crippen molar-refractivity contribution >= 4 is 45.0 Å². The van der Waals surface area contributed by atoms with Gasteiger partial charge in [0.15, 0.2) is 0 Å². The van der Waals surface area contributed by atoms with Gasteiger partial charge in [-0.15, -0.1) is 0 Å². The lowest BCUT2D eigenvalue weighted by atomic mass is 9.76. The van der Waals surface area contributed by atoms with Gasteiger partial charge in [0.1, 0.15) is 17.9 Å². The van der Waals surface area contributed by atoms with Gasteiger partial charge in [-0.25, -0.2) is 4.90 Å². The van der Waals surface area contributed by atoms with Crippen LogP contribution in [0.1, 0.15) is 19.4 Å². The van der Waals surface area contributed by atoms with Crippen molar-refractivity contribution in [3.8, 4) is 0 Å². The highest BCUT2D eigenvalue weighted by Crippen LogP contribution is 2.50. The van der Waals surface area contributed by atoms with Crippen LogP contribution in [-0.2, 0) is 19.9 Å². The molecule has 3 aliphatic heterocycles. The van der Waals surface area contributed by atoms with E-state index in [4.69, 9.17) is 0 Å². The smallest absolute Gasteiger partial charge is 0.291 e. The van der Waals surface area contributed by atoms with Gasteiger partial charge in [-0.05, 0) is 30.3 Å². The van der Waals surface area contributed by atoms with E-state index >= 15 is 0 Å². The Labute approximate surface area is 176 Å². The van der Waals surface area contributed by atoms with Gasteiger partial charge in [0.25, 0.3) is 5.91 Å². The second kappa shape index (κ2) is 6.24. The summed E-state index contributed by atoms with van der Waals surface area (Å²) in [6, 6.07) is 14.4. The fraction of sp³-hybridized carbons (Fsp3) is 0.318. The quantitative estimate of drug-likeness (QED) is 0.680. The number of anilines is 2. The summed E-state index contributed by atoms with van der Waals surface area (Å²) in [6.07, 6.45) is 0. The molecular weight excluding hydrogens is 434 g/mol. The standard InChI is InChI=1S/C22H20BrN3O3/c1-11(2)18-16-17(20(28)26(19(16)27)13-9-7-12(23)8-10-13)22(25-18)14-5-3-4-6-15(14)24-21(22)29/h3-11,16-18,25H,1-2H3,(H,24,29)/p+1/t16-,17+,18+,22+/m1/s1. The summed E-state index contributed by atoms with van der Waals surface area (Å²) >= 11 is 3.39. The summed E-state index contributed by atoms with van der Waals surface area (Å²) in [5.74, 6) is -1.86. The molecule has 6 nitrogen and oxygen atoms in total. The van der Waals surface area contributed by atoms with Gasteiger partial charge in [0.05, 0.1) is 11.4 Å². The number of nitrogens with one attached hydrogen (secondary N) is 1. The zero-order valence-corrected chi connectivity index (χ0v) is 17.6. The number of rotatable bonds is 2. The number of para-hydroxylation sites is 1. The van der Waals surface area contributed by atoms with E-state index in [0.717, 1.165) is 15.7 Å². The van der Waals surface area contributed by atoms with Crippen molar-refractivity contribution in [2.75, 3.05) is 10.2 Å². The van der Waals surface area contributed by atoms with Crippen molar-refractivity contribution in [1.82, 2.24) is 0 Å². The average Bonchev–Trinajstić information content (AvgIpc) is 3.28. The molecule has 5 rings (SSSR count). The molecule has 7 heteroatoms. The number of fused-ring (bicyclic) bond motifs is 4. The largest absolute Gasteiger partial charge is 0.326 e. The Morgan fingerprint density at radius 3 is 2.41 bits per heavy atom. The molecule has 3 N–H and O–H groups in total. The number of nitrogens with two attached hydrogens (primary N) is 1. The van der Waals surface area contributed by atoms with Gasteiger partial charge in [-0.1, -0.05) is 48.0 Å². The first kappa shape index (κ1) is 18.5. The molecule has 1 spiro atoms. The molecule has 2 saturated heterocycles. The van der Waals surface area contributed by atoms with E-state index in [9.17, 15) is 14.4 Å². The zero-order chi connectivity index (χ0) is 20.5. The van der Waals surface area contributed by atoms with Crippen LogP contribution < -0.4 is 15.5 Å². The third kappa shape index (κ3) is 2.34. The molecule has 2 aromatic carbocycles. The molecule has 0 aliphatic carbocycles. The van der Waals surface area contributed by atoms with Gasteiger partial charge in [-0.3, -0.25) is 14.4 Å². The van der Waals surface area contributed by atoms with Crippen LogP contribution in [-0.4, -0.2) is 23.8 Å². The van der Waals surface area contributed by atoms with Crippen LogP contribution in [0.2, 0.25) is 0 Å². The SMILES string of the molecule is CC(C)[C@@H]1[NH2+][C@]2(C(=O)Nc3ccccc32)[C@@H]2C(=O)N(c3ccc(Br)cc3)C(=O)[C@H]21. The highest BCUT2D eigenvalue weighted by molar-refractivity contribution is 9.10. The lowest BCUT2D eigenvalue weighted by molar-refractivity contribution is -0.738. The maximum atomic E-state index is 13.7. The molecule has 2 aromatic rings. The van der Waals surface area contributed by atoms with Crippen LogP contribution in [0.4, 0.5) is 11.4 Å². The van der Waals surface area contributed by atoms with Gasteiger partial charge in [0, 0.05) is 16.0 Å². The fourth-order valence-corrected chi connectivity index (χ4v) is 5.56. The van der Waals surface area contributed by atoms with E-state index in [2.05, 4.69) is 21.2 Å². The molecule has 2 fully saturated rings. The molecule has 4 atom stereocenters. The first-order valence-electron chi connectivity index (χ1n) is 9.76. The predicted octanol–water partition coefficient (Wildman–Crippen LogP) is 2.00. The van der Waals surface area contributed by atoms with E-state index in [0.29, 0.717) is 5.69 Å². The van der Waals surface area contributed by atoms with Gasteiger partial charge in [-0.2, -0.15) is 0 Å². The molecule has 0 bridgehead atoms. The second-order valence-electron chi connectivity index (χ2n) is 8.35. The van der Waals surface area contributed by atoms with Gasteiger partial charge >= 0.3 is 0 Å². The van der Waals surface area contributed by atoms with Gasteiger partial charge in [0.2, 0.25) is 17.4 Å². The topological polar surface area (TPSA) is 83.1 Å². The monoisotopic (exact) mass is 454 g/mol. The lowest BCUT2D eigenvalue weighted by Gasteiger charge is -2.27. The Kier molecular flexibility index (Phi) is 3.98. The number of halogens is 1. The van der Waals surface area contributed by atoms with E-state index in [1.54, 1.807) is 12.1 Å². The molecule has 0 unspecified atom stereocenters. The molecular formula is C22H21BrN3O3+. The van der Waals surface area contributed by atoms with Crippen LogP contribution >= 0.6 is 15.9 Å². The summed E-state index contributed by atoms with van der Waals surface area (Å²) in [5.41, 5.74) is 0.954. The number of imide groups is 1. The van der Waals surface area contributed by atoms with E-state index in [1.165, 1.54) is 4.90 Å². The van der Waals surface area contributed by atoms with Crippen molar-refractivity contribution in [3.63, 3.8) is 0 Å². The van der Waals surface area contributed by atoms with Crippen LogP contribution in [0.15, 0.2) is 53.0 Å². The van der Waals surface area contributed by atoms with Crippen molar-refractivity contribution in [2.45, 2.75) is 25.4 Å². The number of amides is 3. The molecule has 3 amide bonds. The van der Waals surface area contributed by atoms with Crippen molar-refractivity contribution in [2.24, 2.45) is 17.8 Å².